The molecular weight excluding hydrogens is 484 g/mol. The number of rotatable bonds is 8. The highest BCUT2D eigenvalue weighted by Crippen LogP contribution is 2.33. The minimum absolute atomic E-state index is 0.0819. The third-order valence-electron chi connectivity index (χ3n) is 7.49. The van der Waals surface area contributed by atoms with Crippen LogP contribution >= 0.6 is 0 Å². The Labute approximate surface area is 223 Å². The Morgan fingerprint density at radius 3 is 2.00 bits per heavy atom. The van der Waals surface area contributed by atoms with Gasteiger partial charge >= 0.3 is 11.9 Å². The van der Waals surface area contributed by atoms with Crippen LogP contribution in [0.2, 0.25) is 0 Å². The van der Waals surface area contributed by atoms with Crippen molar-refractivity contribution < 1.29 is 29.3 Å². The molecule has 1 atom stereocenters. The molecule has 0 spiro atoms. The Balaban J connectivity index is 1.40. The molecule has 8 heteroatoms. The number of methoxy groups -OCH3 is 1. The lowest BCUT2D eigenvalue weighted by atomic mass is 9.88. The molecule has 2 aliphatic rings. The SMILES string of the molecule is COC(=O)C1=C(C)NC(C)=C(C(=O)OC2(C)CCN(CCC(c3ccc(O)cc3)c3ccc(O)cc3)C2)C1. The third kappa shape index (κ3) is 6.19. The average Bonchev–Trinajstić information content (AvgIpc) is 3.25. The van der Waals surface area contributed by atoms with Crippen LogP contribution in [-0.2, 0) is 19.1 Å². The molecule has 0 saturated carbocycles. The van der Waals surface area contributed by atoms with Gasteiger partial charge in [0.15, 0.2) is 0 Å². The number of nitrogens with zero attached hydrogens (tertiary/aromatic N) is 1. The van der Waals surface area contributed by atoms with E-state index in [0.717, 1.165) is 30.6 Å². The zero-order valence-corrected chi connectivity index (χ0v) is 22.4. The molecule has 2 heterocycles. The van der Waals surface area contributed by atoms with E-state index in [1.54, 1.807) is 31.2 Å². The maximum atomic E-state index is 13.2. The van der Waals surface area contributed by atoms with Crippen molar-refractivity contribution in [2.24, 2.45) is 0 Å². The van der Waals surface area contributed by atoms with Crippen molar-refractivity contribution in [2.45, 2.75) is 51.6 Å². The van der Waals surface area contributed by atoms with Crippen LogP contribution in [0.25, 0.3) is 0 Å². The van der Waals surface area contributed by atoms with Crippen LogP contribution < -0.4 is 5.32 Å². The molecule has 0 aromatic heterocycles. The highest BCUT2D eigenvalue weighted by atomic mass is 16.6. The zero-order chi connectivity index (χ0) is 27.4. The van der Waals surface area contributed by atoms with Gasteiger partial charge in [0, 0.05) is 43.2 Å². The van der Waals surface area contributed by atoms with Gasteiger partial charge in [-0.3, -0.25) is 4.90 Å². The minimum atomic E-state index is -0.640. The number of dihydropyridines is 1. The summed E-state index contributed by atoms with van der Waals surface area (Å²) < 4.78 is 10.9. The lowest BCUT2D eigenvalue weighted by Gasteiger charge is -2.28. The standard InChI is InChI=1S/C30H36N2O6/c1-19-26(28(35)37-4)17-27(20(2)31-19)29(36)38-30(3)14-16-32(18-30)15-13-25(21-5-9-23(33)10-6-21)22-7-11-24(34)12-8-22/h5-12,25,31,33-34H,13-18H2,1-4H3. The molecule has 1 unspecified atom stereocenters. The predicted molar refractivity (Wildman–Crippen MR) is 143 cm³/mol. The fraction of sp³-hybridized carbons (Fsp3) is 0.400. The molecule has 0 amide bonds. The number of nitrogens with one attached hydrogen (secondary N) is 1. The van der Waals surface area contributed by atoms with Gasteiger partial charge < -0.3 is 25.0 Å². The molecule has 2 aliphatic heterocycles. The molecule has 8 nitrogen and oxygen atoms in total. The van der Waals surface area contributed by atoms with Gasteiger partial charge in [0.1, 0.15) is 17.1 Å². The summed E-state index contributed by atoms with van der Waals surface area (Å²) in [5, 5.41) is 22.6. The smallest absolute Gasteiger partial charge is 0.336 e. The van der Waals surface area contributed by atoms with Gasteiger partial charge in [-0.2, -0.15) is 0 Å². The Bertz CT molecular complexity index is 1200. The Hall–Kier alpha value is -3.78. The molecule has 1 saturated heterocycles. The summed E-state index contributed by atoms with van der Waals surface area (Å²) in [6.45, 7) is 7.75. The van der Waals surface area contributed by atoms with Gasteiger partial charge in [-0.25, -0.2) is 9.59 Å². The second-order valence-electron chi connectivity index (χ2n) is 10.4. The number of hydrogen-bond acceptors (Lipinski definition) is 8. The van der Waals surface area contributed by atoms with Crippen LogP contribution in [0, 0.1) is 0 Å². The molecule has 38 heavy (non-hydrogen) atoms. The largest absolute Gasteiger partial charge is 0.508 e. The molecular formula is C30H36N2O6. The van der Waals surface area contributed by atoms with Crippen molar-refractivity contribution in [2.75, 3.05) is 26.7 Å². The van der Waals surface area contributed by atoms with E-state index in [-0.39, 0.29) is 23.8 Å². The van der Waals surface area contributed by atoms with Crippen molar-refractivity contribution in [1.29, 1.82) is 0 Å². The van der Waals surface area contributed by atoms with Crippen LogP contribution in [0.5, 0.6) is 11.5 Å². The summed E-state index contributed by atoms with van der Waals surface area (Å²) in [5.74, 6) is -0.350. The Morgan fingerprint density at radius 2 is 1.47 bits per heavy atom. The minimum Gasteiger partial charge on any atom is -0.508 e. The second-order valence-corrected chi connectivity index (χ2v) is 10.4. The highest BCUT2D eigenvalue weighted by Gasteiger charge is 2.39. The van der Waals surface area contributed by atoms with Gasteiger partial charge in [-0.05, 0) is 69.1 Å². The topological polar surface area (TPSA) is 108 Å². The quantitative estimate of drug-likeness (QED) is 0.441. The number of phenols is 2. The fourth-order valence-corrected chi connectivity index (χ4v) is 5.28. The van der Waals surface area contributed by atoms with Gasteiger partial charge in [-0.15, -0.1) is 0 Å². The second kappa shape index (κ2) is 11.3. The van der Waals surface area contributed by atoms with Crippen molar-refractivity contribution in [1.82, 2.24) is 10.2 Å². The van der Waals surface area contributed by atoms with Crippen LogP contribution in [-0.4, -0.2) is 59.4 Å². The Morgan fingerprint density at radius 1 is 0.947 bits per heavy atom. The molecule has 2 aromatic carbocycles. The van der Waals surface area contributed by atoms with E-state index >= 15 is 0 Å². The third-order valence-corrected chi connectivity index (χ3v) is 7.49. The first-order valence-corrected chi connectivity index (χ1v) is 12.9. The van der Waals surface area contributed by atoms with E-state index < -0.39 is 17.5 Å². The lowest BCUT2D eigenvalue weighted by molar-refractivity contribution is -0.152. The lowest BCUT2D eigenvalue weighted by Crippen LogP contribution is -2.37. The monoisotopic (exact) mass is 520 g/mol. The van der Waals surface area contributed by atoms with E-state index in [9.17, 15) is 19.8 Å². The van der Waals surface area contributed by atoms with Crippen molar-refractivity contribution >= 4 is 11.9 Å². The maximum Gasteiger partial charge on any atom is 0.336 e. The van der Waals surface area contributed by atoms with Crippen LogP contribution in [0.1, 0.15) is 57.1 Å². The number of aromatic hydroxyl groups is 2. The van der Waals surface area contributed by atoms with Gasteiger partial charge in [0.05, 0.1) is 18.3 Å². The van der Waals surface area contributed by atoms with E-state index in [2.05, 4.69) is 10.2 Å². The van der Waals surface area contributed by atoms with Crippen LogP contribution in [0.15, 0.2) is 71.1 Å². The van der Waals surface area contributed by atoms with Crippen molar-refractivity contribution in [3.05, 3.63) is 82.2 Å². The predicted octanol–water partition coefficient (Wildman–Crippen LogP) is 4.34. The summed E-state index contributed by atoms with van der Waals surface area (Å²) in [5.41, 5.74) is 3.76. The molecule has 202 valence electrons. The number of likely N-dealkylation sites (tertiary alicyclic amines) is 1. The summed E-state index contributed by atoms with van der Waals surface area (Å²) >= 11 is 0. The highest BCUT2D eigenvalue weighted by molar-refractivity contribution is 5.96. The van der Waals surface area contributed by atoms with Gasteiger partial charge in [0.25, 0.3) is 0 Å². The van der Waals surface area contributed by atoms with Crippen LogP contribution in [0.3, 0.4) is 0 Å². The van der Waals surface area contributed by atoms with E-state index in [1.807, 2.05) is 38.1 Å². The van der Waals surface area contributed by atoms with Crippen molar-refractivity contribution in [3.8, 4) is 11.5 Å². The maximum absolute atomic E-state index is 13.2. The molecule has 2 aromatic rings. The number of carbonyl (C=O) groups is 2. The summed E-state index contributed by atoms with van der Waals surface area (Å²) in [7, 11) is 1.33. The number of allylic oxidation sites excluding steroid dienone is 2. The molecule has 3 N–H and O–H groups in total. The first kappa shape index (κ1) is 27.3. The van der Waals surface area contributed by atoms with Gasteiger partial charge in [-0.1, -0.05) is 24.3 Å². The number of benzene rings is 2. The Kier molecular flexibility index (Phi) is 8.11. The van der Waals surface area contributed by atoms with E-state index in [4.69, 9.17) is 9.47 Å². The van der Waals surface area contributed by atoms with Crippen molar-refractivity contribution in [3.63, 3.8) is 0 Å². The number of carbonyl (C=O) groups excluding carboxylic acids is 2. The molecule has 0 aliphatic carbocycles. The van der Waals surface area contributed by atoms with Crippen LogP contribution in [0.4, 0.5) is 0 Å². The number of phenolic OH excluding ortho intramolecular Hbond substituents is 2. The van der Waals surface area contributed by atoms with E-state index in [1.165, 1.54) is 7.11 Å². The average molecular weight is 521 g/mol. The first-order chi connectivity index (χ1) is 18.1. The molecule has 1 fully saturated rings. The normalized spacial score (nSPS) is 20.0. The number of hydrogen-bond donors (Lipinski definition) is 3. The molecule has 4 rings (SSSR count). The molecule has 0 bridgehead atoms. The summed E-state index contributed by atoms with van der Waals surface area (Å²) in [6.07, 6.45) is 1.71. The zero-order valence-electron chi connectivity index (χ0n) is 22.4. The summed E-state index contributed by atoms with van der Waals surface area (Å²) in [6, 6.07) is 14.5. The fourth-order valence-electron chi connectivity index (χ4n) is 5.28. The number of esters is 2. The first-order valence-electron chi connectivity index (χ1n) is 12.9. The molecule has 0 radical (unpaired) electrons. The van der Waals surface area contributed by atoms with Gasteiger partial charge in [0.2, 0.25) is 0 Å². The van der Waals surface area contributed by atoms with E-state index in [0.29, 0.717) is 35.5 Å². The summed E-state index contributed by atoms with van der Waals surface area (Å²) in [4.78, 5) is 27.6. The number of ether oxygens (including phenoxy) is 2.